The van der Waals surface area contributed by atoms with E-state index in [0.717, 1.165) is 12.0 Å². The maximum absolute atomic E-state index is 12.5. The first-order valence-electron chi connectivity index (χ1n) is 6.67. The molecule has 1 aromatic carbocycles. The van der Waals surface area contributed by atoms with Gasteiger partial charge in [0.25, 0.3) is 0 Å². The van der Waals surface area contributed by atoms with E-state index in [9.17, 15) is 4.79 Å². The van der Waals surface area contributed by atoms with Crippen molar-refractivity contribution >= 4 is 5.91 Å². The molecule has 3 heteroatoms. The van der Waals surface area contributed by atoms with Crippen molar-refractivity contribution in [3.05, 3.63) is 35.9 Å². The Morgan fingerprint density at radius 1 is 1.28 bits per heavy atom. The van der Waals surface area contributed by atoms with E-state index in [4.69, 9.17) is 4.74 Å². The monoisotopic (exact) mass is 245 g/mol. The summed E-state index contributed by atoms with van der Waals surface area (Å²) in [5, 5.41) is 0. The molecule has 2 heterocycles. The molecular weight excluding hydrogens is 226 g/mol. The van der Waals surface area contributed by atoms with Crippen LogP contribution in [-0.4, -0.2) is 23.5 Å². The molecule has 0 spiro atoms. The smallest absolute Gasteiger partial charge is 0.228 e. The quantitative estimate of drug-likeness (QED) is 0.801. The van der Waals surface area contributed by atoms with Crippen LogP contribution < -0.4 is 0 Å². The summed E-state index contributed by atoms with van der Waals surface area (Å²) < 4.78 is 5.81. The van der Waals surface area contributed by atoms with Gasteiger partial charge in [-0.15, -0.1) is 0 Å². The Bertz CT molecular complexity index is 443. The molecule has 0 aliphatic carbocycles. The molecule has 0 N–H and O–H groups in total. The van der Waals surface area contributed by atoms with Gasteiger partial charge in [0.15, 0.2) is 6.23 Å². The standard InChI is InChI=1S/C15H19NO2/c1-10(2)13-8-12-9-18-15(16(12)14(13)17)11-6-4-3-5-7-11/h3-7,10,12-13,15H,8-9H2,1-2H3/t12?,13?,15-/m1/s1. The molecule has 1 amide bonds. The lowest BCUT2D eigenvalue weighted by Crippen LogP contribution is -2.32. The van der Waals surface area contributed by atoms with Gasteiger partial charge in [0.1, 0.15) is 0 Å². The number of carbonyl (C=O) groups excluding carboxylic acids is 1. The highest BCUT2D eigenvalue weighted by atomic mass is 16.5. The van der Waals surface area contributed by atoms with Crippen LogP contribution in [0.5, 0.6) is 0 Å². The van der Waals surface area contributed by atoms with Crippen molar-refractivity contribution in [3.63, 3.8) is 0 Å². The van der Waals surface area contributed by atoms with E-state index in [1.807, 2.05) is 35.2 Å². The van der Waals surface area contributed by atoms with Crippen molar-refractivity contribution in [2.45, 2.75) is 32.5 Å². The summed E-state index contributed by atoms with van der Waals surface area (Å²) in [4.78, 5) is 14.4. The van der Waals surface area contributed by atoms with Gasteiger partial charge in [-0.2, -0.15) is 0 Å². The Labute approximate surface area is 108 Å². The molecule has 2 aliphatic heterocycles. The number of nitrogens with zero attached hydrogens (tertiary/aromatic N) is 1. The van der Waals surface area contributed by atoms with E-state index in [1.54, 1.807) is 0 Å². The fraction of sp³-hybridized carbons (Fsp3) is 0.533. The predicted molar refractivity (Wildman–Crippen MR) is 68.7 cm³/mol. The Morgan fingerprint density at radius 3 is 2.67 bits per heavy atom. The third-order valence-electron chi connectivity index (χ3n) is 4.08. The van der Waals surface area contributed by atoms with E-state index in [0.29, 0.717) is 12.5 Å². The minimum atomic E-state index is -0.174. The lowest BCUT2D eigenvalue weighted by atomic mass is 9.93. The molecule has 0 radical (unpaired) electrons. The molecule has 0 saturated carbocycles. The second kappa shape index (κ2) is 4.39. The van der Waals surface area contributed by atoms with E-state index >= 15 is 0 Å². The van der Waals surface area contributed by atoms with Crippen molar-refractivity contribution in [3.8, 4) is 0 Å². The third-order valence-corrected chi connectivity index (χ3v) is 4.08. The molecule has 18 heavy (non-hydrogen) atoms. The van der Waals surface area contributed by atoms with Gasteiger partial charge < -0.3 is 9.64 Å². The Hall–Kier alpha value is -1.35. The Kier molecular flexibility index (Phi) is 2.86. The minimum absolute atomic E-state index is 0.171. The zero-order valence-corrected chi connectivity index (χ0v) is 10.9. The first-order chi connectivity index (χ1) is 8.68. The highest BCUT2D eigenvalue weighted by Crippen LogP contribution is 2.41. The molecule has 2 unspecified atom stereocenters. The molecule has 3 nitrogen and oxygen atoms in total. The van der Waals surface area contributed by atoms with Crippen LogP contribution in [0.3, 0.4) is 0 Å². The van der Waals surface area contributed by atoms with Crippen molar-refractivity contribution < 1.29 is 9.53 Å². The molecule has 2 aliphatic rings. The van der Waals surface area contributed by atoms with Crippen LogP contribution in [0.15, 0.2) is 30.3 Å². The summed E-state index contributed by atoms with van der Waals surface area (Å²) in [7, 11) is 0. The lowest BCUT2D eigenvalue weighted by Gasteiger charge is -2.23. The molecular formula is C15H19NO2. The van der Waals surface area contributed by atoms with E-state index < -0.39 is 0 Å². The van der Waals surface area contributed by atoms with Crippen LogP contribution in [0.1, 0.15) is 32.1 Å². The van der Waals surface area contributed by atoms with Gasteiger partial charge in [-0.3, -0.25) is 4.79 Å². The van der Waals surface area contributed by atoms with Gasteiger partial charge in [0, 0.05) is 11.5 Å². The summed E-state index contributed by atoms with van der Waals surface area (Å²) >= 11 is 0. The largest absolute Gasteiger partial charge is 0.352 e. The number of hydrogen-bond acceptors (Lipinski definition) is 2. The highest BCUT2D eigenvalue weighted by Gasteiger charge is 2.48. The van der Waals surface area contributed by atoms with Gasteiger partial charge in [-0.25, -0.2) is 0 Å². The third kappa shape index (κ3) is 1.74. The van der Waals surface area contributed by atoms with Gasteiger partial charge in [0.2, 0.25) is 5.91 Å². The highest BCUT2D eigenvalue weighted by molar-refractivity contribution is 5.82. The topological polar surface area (TPSA) is 29.5 Å². The van der Waals surface area contributed by atoms with Gasteiger partial charge in [-0.1, -0.05) is 44.2 Å². The molecule has 3 rings (SSSR count). The molecule has 2 saturated heterocycles. The Balaban J connectivity index is 1.86. The average molecular weight is 245 g/mol. The van der Waals surface area contributed by atoms with Gasteiger partial charge in [0.05, 0.1) is 12.6 Å². The van der Waals surface area contributed by atoms with Crippen LogP contribution in [0.25, 0.3) is 0 Å². The van der Waals surface area contributed by atoms with Gasteiger partial charge in [-0.05, 0) is 12.3 Å². The van der Waals surface area contributed by atoms with Gasteiger partial charge >= 0.3 is 0 Å². The molecule has 96 valence electrons. The number of carbonyl (C=O) groups is 1. The molecule has 3 atom stereocenters. The summed E-state index contributed by atoms with van der Waals surface area (Å²) in [5.41, 5.74) is 1.08. The van der Waals surface area contributed by atoms with Crippen LogP contribution in [0.2, 0.25) is 0 Å². The van der Waals surface area contributed by atoms with E-state index in [2.05, 4.69) is 13.8 Å². The Morgan fingerprint density at radius 2 is 2.00 bits per heavy atom. The minimum Gasteiger partial charge on any atom is -0.352 e. The molecule has 1 aromatic rings. The van der Waals surface area contributed by atoms with Crippen LogP contribution in [-0.2, 0) is 9.53 Å². The average Bonchev–Trinajstić information content (AvgIpc) is 2.91. The molecule has 0 aromatic heterocycles. The predicted octanol–water partition coefficient (Wildman–Crippen LogP) is 2.59. The first kappa shape index (κ1) is 11.7. The number of hydrogen-bond donors (Lipinski definition) is 0. The zero-order chi connectivity index (χ0) is 12.7. The maximum Gasteiger partial charge on any atom is 0.228 e. The number of amides is 1. The van der Waals surface area contributed by atoms with Crippen molar-refractivity contribution in [1.29, 1.82) is 0 Å². The number of fused-ring (bicyclic) bond motifs is 1. The summed E-state index contributed by atoms with van der Waals surface area (Å²) in [6.45, 7) is 4.93. The number of ether oxygens (including phenoxy) is 1. The van der Waals surface area contributed by atoms with Crippen molar-refractivity contribution in [1.82, 2.24) is 4.90 Å². The van der Waals surface area contributed by atoms with Crippen molar-refractivity contribution in [2.75, 3.05) is 6.61 Å². The summed E-state index contributed by atoms with van der Waals surface area (Å²) in [6, 6.07) is 10.3. The first-order valence-corrected chi connectivity index (χ1v) is 6.67. The van der Waals surface area contributed by atoms with Crippen LogP contribution in [0.4, 0.5) is 0 Å². The molecule has 2 fully saturated rings. The number of rotatable bonds is 2. The fourth-order valence-corrected chi connectivity index (χ4v) is 3.05. The van der Waals surface area contributed by atoms with Crippen LogP contribution >= 0.6 is 0 Å². The maximum atomic E-state index is 12.5. The van der Waals surface area contributed by atoms with Crippen LogP contribution in [0, 0.1) is 11.8 Å². The summed E-state index contributed by atoms with van der Waals surface area (Å²) in [5.74, 6) is 0.853. The normalized spacial score (nSPS) is 31.2. The zero-order valence-electron chi connectivity index (χ0n) is 10.9. The fourth-order valence-electron chi connectivity index (χ4n) is 3.05. The van der Waals surface area contributed by atoms with E-state index in [-0.39, 0.29) is 24.1 Å². The van der Waals surface area contributed by atoms with E-state index in [1.165, 1.54) is 0 Å². The second-order valence-corrected chi connectivity index (χ2v) is 5.58. The second-order valence-electron chi connectivity index (χ2n) is 5.58. The number of benzene rings is 1. The summed E-state index contributed by atoms with van der Waals surface area (Å²) in [6.07, 6.45) is 0.771. The SMILES string of the molecule is CC(C)C1CC2CO[C@H](c3ccccc3)N2C1=O. The lowest BCUT2D eigenvalue weighted by molar-refractivity contribution is -0.138. The molecule has 0 bridgehead atoms. The van der Waals surface area contributed by atoms with Crippen molar-refractivity contribution in [2.24, 2.45) is 11.8 Å².